The van der Waals surface area contributed by atoms with Gasteiger partial charge in [0.15, 0.2) is 0 Å². The van der Waals surface area contributed by atoms with Gasteiger partial charge in [-0.3, -0.25) is 4.68 Å². The third-order valence-electron chi connectivity index (χ3n) is 3.71. The van der Waals surface area contributed by atoms with Crippen LogP contribution in [0.5, 0.6) is 0 Å². The molecule has 0 aliphatic carbocycles. The summed E-state index contributed by atoms with van der Waals surface area (Å²) >= 11 is 0. The normalized spacial score (nSPS) is 11.0. The molecule has 0 aliphatic heterocycles. The molecule has 3 rings (SSSR count). The molecule has 2 nitrogen and oxygen atoms in total. The van der Waals surface area contributed by atoms with E-state index < -0.39 is 0 Å². The largest absolute Gasteiger partial charge is 0.268 e. The summed E-state index contributed by atoms with van der Waals surface area (Å²) in [6.45, 7) is 5.27. The van der Waals surface area contributed by atoms with Crippen molar-refractivity contribution in [3.8, 4) is 11.1 Å². The minimum absolute atomic E-state index is 0.513. The van der Waals surface area contributed by atoms with Crippen molar-refractivity contribution in [2.45, 2.75) is 26.3 Å². The first-order valence-corrected chi connectivity index (χ1v) is 7.39. The van der Waals surface area contributed by atoms with E-state index in [0.29, 0.717) is 5.92 Å². The number of rotatable bonds is 4. The maximum Gasteiger partial charge on any atom is 0.0659 e. The van der Waals surface area contributed by atoms with E-state index in [2.05, 4.69) is 73.7 Å². The molecule has 0 fully saturated rings. The first-order chi connectivity index (χ1) is 10.2. The van der Waals surface area contributed by atoms with Gasteiger partial charge in [-0.25, -0.2) is 0 Å². The Bertz CT molecular complexity index is 711. The highest BCUT2D eigenvalue weighted by molar-refractivity contribution is 5.66. The number of nitrogens with zero attached hydrogens (tertiary/aromatic N) is 2. The van der Waals surface area contributed by atoms with E-state index >= 15 is 0 Å². The van der Waals surface area contributed by atoms with Crippen molar-refractivity contribution in [2.24, 2.45) is 0 Å². The summed E-state index contributed by atoms with van der Waals surface area (Å²) in [7, 11) is 0. The fourth-order valence-electron chi connectivity index (χ4n) is 2.62. The van der Waals surface area contributed by atoms with Crippen molar-refractivity contribution in [1.82, 2.24) is 9.78 Å². The van der Waals surface area contributed by atoms with E-state index in [4.69, 9.17) is 0 Å². The van der Waals surface area contributed by atoms with Crippen LogP contribution in [0.2, 0.25) is 0 Å². The molecular weight excluding hydrogens is 256 g/mol. The molecule has 0 atom stereocenters. The van der Waals surface area contributed by atoms with Gasteiger partial charge < -0.3 is 0 Å². The van der Waals surface area contributed by atoms with E-state index in [1.807, 2.05) is 16.9 Å². The topological polar surface area (TPSA) is 17.8 Å². The maximum atomic E-state index is 4.50. The molecule has 0 N–H and O–H groups in total. The van der Waals surface area contributed by atoms with Crippen molar-refractivity contribution in [3.63, 3.8) is 0 Å². The van der Waals surface area contributed by atoms with Gasteiger partial charge in [-0.15, -0.1) is 0 Å². The molecule has 3 aromatic rings. The van der Waals surface area contributed by atoms with Crippen LogP contribution in [-0.4, -0.2) is 9.78 Å². The van der Waals surface area contributed by atoms with Gasteiger partial charge in [-0.1, -0.05) is 68.4 Å². The quantitative estimate of drug-likeness (QED) is 0.674. The minimum Gasteiger partial charge on any atom is -0.268 e. The van der Waals surface area contributed by atoms with E-state index in [-0.39, 0.29) is 0 Å². The highest BCUT2D eigenvalue weighted by atomic mass is 15.3. The van der Waals surface area contributed by atoms with Gasteiger partial charge in [-0.2, -0.15) is 5.10 Å². The Morgan fingerprint density at radius 1 is 0.952 bits per heavy atom. The lowest BCUT2D eigenvalue weighted by Gasteiger charge is -2.10. The summed E-state index contributed by atoms with van der Waals surface area (Å²) < 4.78 is 2.00. The van der Waals surface area contributed by atoms with Gasteiger partial charge in [0.25, 0.3) is 0 Å². The molecule has 0 unspecified atom stereocenters. The molecule has 1 aromatic heterocycles. The van der Waals surface area contributed by atoms with Gasteiger partial charge in [0.05, 0.1) is 12.7 Å². The molecule has 0 radical (unpaired) electrons. The molecule has 2 aromatic carbocycles. The zero-order valence-electron chi connectivity index (χ0n) is 12.5. The lowest BCUT2D eigenvalue weighted by molar-refractivity contribution is 0.687. The average molecular weight is 276 g/mol. The highest BCUT2D eigenvalue weighted by Gasteiger charge is 2.09. The number of aromatic nitrogens is 2. The van der Waals surface area contributed by atoms with Crippen LogP contribution in [0.15, 0.2) is 67.0 Å². The predicted octanol–water partition coefficient (Wildman–Crippen LogP) is 4.72. The van der Waals surface area contributed by atoms with Gasteiger partial charge in [0.2, 0.25) is 0 Å². The summed E-state index contributed by atoms with van der Waals surface area (Å²) in [6, 6.07) is 19.0. The molecular formula is C19H20N2. The lowest BCUT2D eigenvalue weighted by atomic mass is 9.94. The summed E-state index contributed by atoms with van der Waals surface area (Å²) in [4.78, 5) is 0. The third kappa shape index (κ3) is 3.05. The van der Waals surface area contributed by atoms with Crippen LogP contribution in [0.3, 0.4) is 0 Å². The Kier molecular flexibility index (Phi) is 3.87. The molecule has 0 saturated carbocycles. The van der Waals surface area contributed by atoms with Crippen molar-refractivity contribution in [1.29, 1.82) is 0 Å². The Balaban J connectivity index is 1.89. The van der Waals surface area contributed by atoms with E-state index in [9.17, 15) is 0 Å². The van der Waals surface area contributed by atoms with E-state index in [1.165, 1.54) is 22.3 Å². The summed E-state index contributed by atoms with van der Waals surface area (Å²) in [5.74, 6) is 0.513. The zero-order valence-corrected chi connectivity index (χ0v) is 12.5. The average Bonchev–Trinajstić information content (AvgIpc) is 2.96. The fourth-order valence-corrected chi connectivity index (χ4v) is 2.62. The van der Waals surface area contributed by atoms with Crippen molar-refractivity contribution in [2.75, 3.05) is 0 Å². The molecule has 106 valence electrons. The lowest BCUT2D eigenvalue weighted by Crippen LogP contribution is -1.99. The molecule has 21 heavy (non-hydrogen) atoms. The van der Waals surface area contributed by atoms with E-state index in [1.54, 1.807) is 0 Å². The number of hydrogen-bond donors (Lipinski definition) is 0. The first-order valence-electron chi connectivity index (χ1n) is 7.39. The highest BCUT2D eigenvalue weighted by Crippen LogP contribution is 2.28. The van der Waals surface area contributed by atoms with Gasteiger partial charge in [-0.05, 0) is 22.6 Å². The second-order valence-electron chi connectivity index (χ2n) is 5.65. The molecule has 2 heteroatoms. The van der Waals surface area contributed by atoms with Gasteiger partial charge in [0.1, 0.15) is 0 Å². The second kappa shape index (κ2) is 5.96. The monoisotopic (exact) mass is 276 g/mol. The summed E-state index contributed by atoms with van der Waals surface area (Å²) in [6.07, 6.45) is 4.10. The second-order valence-corrected chi connectivity index (χ2v) is 5.65. The van der Waals surface area contributed by atoms with Crippen LogP contribution < -0.4 is 0 Å². The SMILES string of the molecule is CC(C)c1ccccc1-c1cnn(Cc2ccccc2)c1. The fraction of sp³-hybridized carbons (Fsp3) is 0.211. The molecule has 0 saturated heterocycles. The predicted molar refractivity (Wildman–Crippen MR) is 87.3 cm³/mol. The maximum absolute atomic E-state index is 4.50. The molecule has 0 bridgehead atoms. The Morgan fingerprint density at radius 3 is 2.43 bits per heavy atom. The molecule has 0 spiro atoms. The van der Waals surface area contributed by atoms with Crippen LogP contribution in [0.1, 0.15) is 30.9 Å². The third-order valence-corrected chi connectivity index (χ3v) is 3.71. The molecule has 0 amide bonds. The van der Waals surface area contributed by atoms with Crippen LogP contribution in [0.4, 0.5) is 0 Å². The van der Waals surface area contributed by atoms with Crippen LogP contribution in [-0.2, 0) is 6.54 Å². The molecule has 1 heterocycles. The standard InChI is InChI=1S/C19H20N2/c1-15(2)18-10-6-7-11-19(18)17-12-20-21(14-17)13-16-8-4-3-5-9-16/h3-12,14-15H,13H2,1-2H3. The smallest absolute Gasteiger partial charge is 0.0659 e. The Morgan fingerprint density at radius 2 is 1.67 bits per heavy atom. The van der Waals surface area contributed by atoms with Crippen LogP contribution in [0, 0.1) is 0 Å². The number of benzene rings is 2. The minimum atomic E-state index is 0.513. The van der Waals surface area contributed by atoms with Crippen LogP contribution >= 0.6 is 0 Å². The van der Waals surface area contributed by atoms with Gasteiger partial charge in [0, 0.05) is 11.8 Å². The van der Waals surface area contributed by atoms with Crippen molar-refractivity contribution in [3.05, 3.63) is 78.1 Å². The van der Waals surface area contributed by atoms with Crippen molar-refractivity contribution < 1.29 is 0 Å². The van der Waals surface area contributed by atoms with Crippen molar-refractivity contribution >= 4 is 0 Å². The number of hydrogen-bond acceptors (Lipinski definition) is 1. The van der Waals surface area contributed by atoms with Gasteiger partial charge >= 0.3 is 0 Å². The zero-order chi connectivity index (χ0) is 14.7. The Labute approximate surface area is 126 Å². The summed E-state index contributed by atoms with van der Waals surface area (Å²) in [5, 5.41) is 4.50. The van der Waals surface area contributed by atoms with E-state index in [0.717, 1.165) is 6.54 Å². The Hall–Kier alpha value is -2.35. The van der Waals surface area contributed by atoms with Crippen LogP contribution in [0.25, 0.3) is 11.1 Å². The first kappa shape index (κ1) is 13.6. The summed E-state index contributed by atoms with van der Waals surface area (Å²) in [5.41, 5.74) is 5.11. The molecule has 0 aliphatic rings.